The Bertz CT molecular complexity index is 2160. The third-order valence-electron chi connectivity index (χ3n) is 11.3. The Hall–Kier alpha value is -3.30. The minimum Gasteiger partial charge on any atom is -0.342 e. The average molecular weight is 744 g/mol. The van der Waals surface area contributed by atoms with Crippen molar-refractivity contribution in [1.29, 1.82) is 0 Å². The van der Waals surface area contributed by atoms with Crippen LogP contribution in [-0.2, 0) is 26.8 Å². The fourth-order valence-corrected chi connectivity index (χ4v) is 12.3. The van der Waals surface area contributed by atoms with Gasteiger partial charge in [0, 0.05) is 51.8 Å². The lowest BCUT2D eigenvalue weighted by Gasteiger charge is -2.45. The third-order valence-corrected chi connectivity index (χ3v) is 14.0. The number of carbonyl (C=O) groups is 2. The molecule has 2 aliphatic carbocycles. The molecule has 0 spiro atoms. The predicted octanol–water partition coefficient (Wildman–Crippen LogP) is 10.7. The molecular weight excluding hydrogens is 704 g/mol. The van der Waals surface area contributed by atoms with Crippen molar-refractivity contribution in [1.82, 2.24) is 9.97 Å². The van der Waals surface area contributed by atoms with E-state index in [0.29, 0.717) is 48.6 Å². The van der Waals surface area contributed by atoms with Gasteiger partial charge in [-0.3, -0.25) is 9.59 Å². The number of hydrogen-bond donors (Lipinski definition) is 2. The zero-order chi connectivity index (χ0) is 35.2. The molecule has 6 nitrogen and oxygen atoms in total. The Kier molecular flexibility index (Phi) is 8.03. The summed E-state index contributed by atoms with van der Waals surface area (Å²) in [5, 5.41) is 9.51. The number of aromatic nitrogens is 2. The summed E-state index contributed by atoms with van der Waals surface area (Å²) in [6.45, 7) is 10.8. The number of rotatable bonds is 6. The number of fused-ring (bicyclic) bond motifs is 2. The van der Waals surface area contributed by atoms with Crippen LogP contribution in [-0.4, -0.2) is 21.5 Å². The Morgan fingerprint density at radius 3 is 1.96 bits per heavy atom. The number of hydrogen-bond acceptors (Lipinski definition) is 8. The molecule has 0 fully saturated rings. The SMILES string of the molecule is CC[C@@]1(c2cccc(Cl)c2)C2=C(CC(C)(Cc3nc4c(s3)[C@@](CC)(c3cccc(Cl)c3)C3=C(CC(C)(C)CC3=O)N4)CC2=O)Nc2ncsc21. The second-order valence-corrected chi connectivity index (χ2v) is 18.3. The number of anilines is 2. The van der Waals surface area contributed by atoms with Gasteiger partial charge in [-0.25, -0.2) is 9.97 Å². The highest BCUT2D eigenvalue weighted by atomic mass is 35.5. The van der Waals surface area contributed by atoms with E-state index < -0.39 is 10.8 Å². The number of allylic oxidation sites excluding steroid dienone is 4. The van der Waals surface area contributed by atoms with Crippen molar-refractivity contribution < 1.29 is 9.59 Å². The summed E-state index contributed by atoms with van der Waals surface area (Å²) >= 11 is 16.4. The van der Waals surface area contributed by atoms with E-state index in [-0.39, 0.29) is 22.4 Å². The van der Waals surface area contributed by atoms with Crippen LogP contribution in [0.15, 0.2) is 76.6 Å². The monoisotopic (exact) mass is 742 g/mol. The largest absolute Gasteiger partial charge is 0.342 e. The van der Waals surface area contributed by atoms with Gasteiger partial charge in [0.25, 0.3) is 0 Å². The van der Waals surface area contributed by atoms with Gasteiger partial charge < -0.3 is 10.6 Å². The molecule has 0 radical (unpaired) electrons. The second kappa shape index (κ2) is 11.9. The first-order valence-electron chi connectivity index (χ1n) is 17.4. The standard InChI is InChI=1S/C40H40Cl2N4O2S2/c1-6-39(22-10-8-12-24(41)14-22)32-27(44-35-33(39)49-21-43-35)17-38(5,19-29(32)48)20-30-46-36-34(50-30)40(7-2,23-11-9-13-25(42)15-23)31-26(45-36)16-37(3,4)18-28(31)47/h8-15,21,44-45H,6-7,16-20H2,1-5H3/t38?,39-,40+/m1/s1. The number of benzene rings is 2. The van der Waals surface area contributed by atoms with Crippen LogP contribution in [0.3, 0.4) is 0 Å². The first-order chi connectivity index (χ1) is 23.8. The van der Waals surface area contributed by atoms with Crippen molar-refractivity contribution in [3.05, 3.63) is 113 Å². The molecule has 8 rings (SSSR count). The summed E-state index contributed by atoms with van der Waals surface area (Å²) < 4.78 is 0. The van der Waals surface area contributed by atoms with Crippen molar-refractivity contribution in [2.45, 2.75) is 90.4 Å². The number of nitrogens with one attached hydrogen (secondary N) is 2. The lowest BCUT2D eigenvalue weighted by molar-refractivity contribution is -0.119. The van der Waals surface area contributed by atoms with E-state index >= 15 is 0 Å². The second-order valence-electron chi connectivity index (χ2n) is 15.5. The molecule has 50 heavy (non-hydrogen) atoms. The molecule has 2 aromatic carbocycles. The molecule has 4 aromatic rings. The first kappa shape index (κ1) is 33.8. The molecule has 0 amide bonds. The Morgan fingerprint density at radius 1 is 0.760 bits per heavy atom. The molecule has 2 N–H and O–H groups in total. The first-order valence-corrected chi connectivity index (χ1v) is 19.8. The van der Waals surface area contributed by atoms with Crippen LogP contribution in [0.25, 0.3) is 0 Å². The van der Waals surface area contributed by atoms with E-state index in [4.69, 9.17) is 33.2 Å². The lowest BCUT2D eigenvalue weighted by atomic mass is 9.61. The maximum Gasteiger partial charge on any atom is 0.162 e. The lowest BCUT2D eigenvalue weighted by Crippen LogP contribution is -2.44. The summed E-state index contributed by atoms with van der Waals surface area (Å²) in [5.41, 5.74) is 5.67. The Balaban J connectivity index is 1.21. The van der Waals surface area contributed by atoms with E-state index in [1.165, 1.54) is 0 Å². The maximum atomic E-state index is 14.6. The van der Waals surface area contributed by atoms with Crippen LogP contribution >= 0.6 is 45.9 Å². The fourth-order valence-electron chi connectivity index (χ4n) is 9.34. The Labute approximate surface area is 311 Å². The fraction of sp³-hybridized carbons (Fsp3) is 0.400. The number of carbonyl (C=O) groups excluding carboxylic acids is 2. The van der Waals surface area contributed by atoms with Crippen LogP contribution in [0.5, 0.6) is 0 Å². The molecule has 10 heteroatoms. The van der Waals surface area contributed by atoms with Gasteiger partial charge in [0.05, 0.1) is 31.1 Å². The maximum absolute atomic E-state index is 14.6. The van der Waals surface area contributed by atoms with Gasteiger partial charge in [-0.1, -0.05) is 82.1 Å². The third kappa shape index (κ3) is 5.07. The van der Waals surface area contributed by atoms with Gasteiger partial charge >= 0.3 is 0 Å². The molecule has 0 saturated heterocycles. The van der Waals surface area contributed by atoms with E-state index in [9.17, 15) is 9.59 Å². The highest BCUT2D eigenvalue weighted by Gasteiger charge is 2.53. The molecule has 2 aromatic heterocycles. The van der Waals surface area contributed by atoms with E-state index in [2.05, 4.69) is 57.4 Å². The summed E-state index contributed by atoms with van der Waals surface area (Å²) in [7, 11) is 0. The van der Waals surface area contributed by atoms with Crippen LogP contribution in [0.2, 0.25) is 10.0 Å². The molecule has 0 saturated carbocycles. The molecule has 2 aliphatic heterocycles. The molecule has 258 valence electrons. The molecule has 4 heterocycles. The summed E-state index contributed by atoms with van der Waals surface area (Å²) in [5.74, 6) is 1.96. The predicted molar refractivity (Wildman–Crippen MR) is 205 cm³/mol. The zero-order valence-electron chi connectivity index (χ0n) is 28.9. The van der Waals surface area contributed by atoms with Crippen LogP contribution in [0, 0.1) is 10.8 Å². The van der Waals surface area contributed by atoms with Crippen molar-refractivity contribution in [3.8, 4) is 0 Å². The van der Waals surface area contributed by atoms with Crippen molar-refractivity contribution >= 4 is 69.1 Å². The van der Waals surface area contributed by atoms with E-state index in [1.54, 1.807) is 22.7 Å². The molecule has 0 bridgehead atoms. The minimum absolute atomic E-state index is 0.147. The topological polar surface area (TPSA) is 84.0 Å². The number of Topliss-reactive ketones (excluding diaryl/α,β-unsaturated/α-hetero) is 2. The zero-order valence-corrected chi connectivity index (χ0v) is 32.1. The smallest absolute Gasteiger partial charge is 0.162 e. The van der Waals surface area contributed by atoms with Crippen molar-refractivity contribution in [2.24, 2.45) is 10.8 Å². The van der Waals surface area contributed by atoms with Gasteiger partial charge in [-0.15, -0.1) is 22.7 Å². The number of nitrogens with zero attached hydrogens (tertiary/aromatic N) is 2. The molecule has 1 unspecified atom stereocenters. The summed E-state index contributed by atoms with van der Waals surface area (Å²) in [6.07, 6.45) is 4.37. The van der Waals surface area contributed by atoms with E-state index in [1.807, 2.05) is 41.9 Å². The quantitative estimate of drug-likeness (QED) is 0.205. The molecule has 4 aliphatic rings. The average Bonchev–Trinajstić information content (AvgIpc) is 3.68. The Morgan fingerprint density at radius 2 is 1.34 bits per heavy atom. The van der Waals surface area contributed by atoms with Crippen molar-refractivity contribution in [2.75, 3.05) is 10.6 Å². The van der Waals surface area contributed by atoms with E-state index in [0.717, 1.165) is 66.5 Å². The highest BCUT2D eigenvalue weighted by Crippen LogP contribution is 2.58. The minimum atomic E-state index is -0.660. The highest BCUT2D eigenvalue weighted by molar-refractivity contribution is 7.12. The number of ketones is 2. The van der Waals surface area contributed by atoms with Gasteiger partial charge in [0.15, 0.2) is 11.6 Å². The van der Waals surface area contributed by atoms with Crippen LogP contribution in [0.4, 0.5) is 11.6 Å². The summed E-state index contributed by atoms with van der Waals surface area (Å²) in [4.78, 5) is 40.8. The summed E-state index contributed by atoms with van der Waals surface area (Å²) in [6, 6.07) is 15.9. The van der Waals surface area contributed by atoms with Gasteiger partial charge in [0.1, 0.15) is 11.6 Å². The van der Waals surface area contributed by atoms with Gasteiger partial charge in [0.2, 0.25) is 0 Å². The number of thiazole rings is 2. The van der Waals surface area contributed by atoms with Crippen molar-refractivity contribution in [3.63, 3.8) is 0 Å². The molecule has 3 atom stereocenters. The number of halogens is 2. The van der Waals surface area contributed by atoms with Gasteiger partial charge in [-0.2, -0.15) is 0 Å². The molecular formula is C40H40Cl2N4O2S2. The van der Waals surface area contributed by atoms with Crippen LogP contribution < -0.4 is 10.6 Å². The van der Waals surface area contributed by atoms with Gasteiger partial charge in [-0.05, 0) is 71.9 Å². The normalized spacial score (nSPS) is 26.9. The van der Waals surface area contributed by atoms with Crippen LogP contribution in [0.1, 0.15) is 99.0 Å².